The maximum Gasteiger partial charge on any atom is 0.0864 e. The number of rotatable bonds is 5. The summed E-state index contributed by atoms with van der Waals surface area (Å²) >= 11 is 0. The van der Waals surface area contributed by atoms with Crippen LogP contribution in [0.4, 0.5) is 0 Å². The van der Waals surface area contributed by atoms with Gasteiger partial charge in [0, 0.05) is 0 Å². The lowest BCUT2D eigenvalue weighted by molar-refractivity contribution is 0.449. The molecule has 0 saturated heterocycles. The monoisotopic (exact) mass is 154 g/mol. The van der Waals surface area contributed by atoms with Crippen LogP contribution in [0.15, 0.2) is 4.99 Å². The fourth-order valence-corrected chi connectivity index (χ4v) is 1.36. The van der Waals surface area contributed by atoms with Crippen LogP contribution in [0.25, 0.3) is 0 Å². The molecule has 2 nitrogen and oxygen atoms in total. The summed E-state index contributed by atoms with van der Waals surface area (Å²) in [5, 5.41) is 6.66. The van der Waals surface area contributed by atoms with E-state index in [0.29, 0.717) is 0 Å². The third kappa shape index (κ3) is 5.81. The minimum Gasteiger partial charge on any atom is -0.242 e. The van der Waals surface area contributed by atoms with E-state index >= 15 is 0 Å². The summed E-state index contributed by atoms with van der Waals surface area (Å²) in [4.78, 5) is 3.86. The maximum atomic E-state index is 6.66. The first-order valence-electron chi connectivity index (χ1n) is 4.32. The van der Waals surface area contributed by atoms with E-state index < -0.39 is 0 Å². The lowest BCUT2D eigenvalue weighted by atomic mass is 9.98. The number of hydrogen-bond acceptors (Lipinski definition) is 2. The maximum absolute atomic E-state index is 6.66. The van der Waals surface area contributed by atoms with Crippen molar-refractivity contribution in [2.45, 2.75) is 46.1 Å². The highest BCUT2D eigenvalue weighted by Gasteiger charge is 2.05. The SMILES string of the molecule is CCCC(C)CC(C)N=C=N. The van der Waals surface area contributed by atoms with E-state index in [1.165, 1.54) is 12.8 Å². The molecule has 0 radical (unpaired) electrons. The Balaban J connectivity index is 3.56. The van der Waals surface area contributed by atoms with Gasteiger partial charge in [-0.05, 0) is 19.3 Å². The lowest BCUT2D eigenvalue weighted by Crippen LogP contribution is -2.05. The molecule has 1 N–H and O–H groups in total. The number of nitrogens with one attached hydrogen (secondary N) is 1. The summed E-state index contributed by atoms with van der Waals surface area (Å²) < 4.78 is 0. The minimum absolute atomic E-state index is 0.272. The summed E-state index contributed by atoms with van der Waals surface area (Å²) in [7, 11) is 0. The van der Waals surface area contributed by atoms with Gasteiger partial charge in [0.25, 0.3) is 0 Å². The van der Waals surface area contributed by atoms with Crippen LogP contribution in [-0.4, -0.2) is 12.1 Å². The standard InChI is InChI=1S/C9H18N2/c1-4-5-8(2)6-9(3)11-7-10/h8-10H,4-6H2,1-3H3. The highest BCUT2D eigenvalue weighted by Crippen LogP contribution is 2.13. The van der Waals surface area contributed by atoms with Crippen molar-refractivity contribution in [3.8, 4) is 0 Å². The van der Waals surface area contributed by atoms with E-state index in [1.54, 1.807) is 0 Å². The molecule has 0 amide bonds. The molecule has 0 rings (SSSR count). The van der Waals surface area contributed by atoms with Gasteiger partial charge < -0.3 is 0 Å². The van der Waals surface area contributed by atoms with Crippen molar-refractivity contribution in [3.05, 3.63) is 0 Å². The Labute approximate surface area is 69.2 Å². The van der Waals surface area contributed by atoms with Crippen molar-refractivity contribution in [2.75, 3.05) is 0 Å². The first kappa shape index (κ1) is 10.4. The molecule has 0 aromatic rings. The van der Waals surface area contributed by atoms with E-state index in [-0.39, 0.29) is 6.04 Å². The van der Waals surface area contributed by atoms with E-state index in [2.05, 4.69) is 24.8 Å². The molecular weight excluding hydrogens is 136 g/mol. The van der Waals surface area contributed by atoms with Crippen LogP contribution >= 0.6 is 0 Å². The van der Waals surface area contributed by atoms with Crippen LogP contribution < -0.4 is 0 Å². The van der Waals surface area contributed by atoms with Gasteiger partial charge >= 0.3 is 0 Å². The zero-order valence-electron chi connectivity index (χ0n) is 7.72. The molecule has 0 bridgehead atoms. The topological polar surface area (TPSA) is 36.2 Å². The third-order valence-corrected chi connectivity index (χ3v) is 1.81. The number of aliphatic imine (C=N–C) groups is 1. The van der Waals surface area contributed by atoms with Crippen molar-refractivity contribution >= 4 is 6.01 Å². The molecule has 0 aliphatic carbocycles. The van der Waals surface area contributed by atoms with Crippen LogP contribution in [0, 0.1) is 11.3 Å². The fourth-order valence-electron chi connectivity index (χ4n) is 1.36. The second-order valence-corrected chi connectivity index (χ2v) is 3.22. The van der Waals surface area contributed by atoms with Crippen LogP contribution in [0.1, 0.15) is 40.0 Å². The summed E-state index contributed by atoms with van der Waals surface area (Å²) in [6, 6.07) is 2.36. The van der Waals surface area contributed by atoms with E-state index in [9.17, 15) is 0 Å². The van der Waals surface area contributed by atoms with Gasteiger partial charge in [-0.3, -0.25) is 0 Å². The molecular formula is C9H18N2. The lowest BCUT2D eigenvalue weighted by Gasteiger charge is -2.11. The quantitative estimate of drug-likeness (QED) is 0.591. The van der Waals surface area contributed by atoms with Crippen LogP contribution in [0.2, 0.25) is 0 Å². The average molecular weight is 154 g/mol. The molecule has 0 heterocycles. The first-order chi connectivity index (χ1) is 5.20. The number of hydrogen-bond donors (Lipinski definition) is 1. The largest absolute Gasteiger partial charge is 0.242 e. The van der Waals surface area contributed by atoms with Gasteiger partial charge in [0.05, 0.1) is 12.1 Å². The Morgan fingerprint density at radius 3 is 2.55 bits per heavy atom. The highest BCUT2D eigenvalue weighted by molar-refractivity contribution is 5.36. The molecule has 0 aliphatic rings. The zero-order valence-corrected chi connectivity index (χ0v) is 7.72. The minimum atomic E-state index is 0.272. The van der Waals surface area contributed by atoms with Gasteiger partial charge in [-0.1, -0.05) is 26.7 Å². The second kappa shape index (κ2) is 6.11. The van der Waals surface area contributed by atoms with E-state index in [0.717, 1.165) is 12.3 Å². The van der Waals surface area contributed by atoms with Crippen LogP contribution in [0.3, 0.4) is 0 Å². The predicted molar refractivity (Wildman–Crippen MR) is 48.3 cm³/mol. The molecule has 11 heavy (non-hydrogen) atoms. The normalized spacial score (nSPS) is 15.2. The second-order valence-electron chi connectivity index (χ2n) is 3.22. The van der Waals surface area contributed by atoms with Gasteiger partial charge in [0.15, 0.2) is 0 Å². The Morgan fingerprint density at radius 1 is 1.45 bits per heavy atom. The molecule has 64 valence electrons. The van der Waals surface area contributed by atoms with Crippen LogP contribution in [0.5, 0.6) is 0 Å². The van der Waals surface area contributed by atoms with Gasteiger partial charge in [-0.15, -0.1) is 0 Å². The Kier molecular flexibility index (Phi) is 5.77. The molecule has 2 atom stereocenters. The Hall–Kier alpha value is -0.620. The Morgan fingerprint density at radius 2 is 2.09 bits per heavy atom. The molecule has 0 fully saturated rings. The van der Waals surface area contributed by atoms with Gasteiger partial charge in [0.2, 0.25) is 0 Å². The van der Waals surface area contributed by atoms with E-state index in [4.69, 9.17) is 5.41 Å². The number of nitrogens with zero attached hydrogens (tertiary/aromatic N) is 1. The van der Waals surface area contributed by atoms with Crippen molar-refractivity contribution in [2.24, 2.45) is 10.9 Å². The molecule has 2 heteroatoms. The Bertz CT molecular complexity index is 136. The fraction of sp³-hybridized carbons (Fsp3) is 0.889. The zero-order chi connectivity index (χ0) is 8.69. The summed E-state index contributed by atoms with van der Waals surface area (Å²) in [6.07, 6.45) is 3.58. The molecule has 0 aromatic heterocycles. The average Bonchev–Trinajstić information content (AvgIpc) is 1.87. The summed E-state index contributed by atoms with van der Waals surface area (Å²) in [6.45, 7) is 6.47. The summed E-state index contributed by atoms with van der Waals surface area (Å²) in [5.41, 5.74) is 0. The first-order valence-corrected chi connectivity index (χ1v) is 4.32. The van der Waals surface area contributed by atoms with Crippen molar-refractivity contribution in [1.82, 2.24) is 0 Å². The molecule has 0 spiro atoms. The molecule has 0 saturated carbocycles. The summed E-state index contributed by atoms with van der Waals surface area (Å²) in [5.74, 6) is 0.729. The van der Waals surface area contributed by atoms with Gasteiger partial charge in [-0.25, -0.2) is 10.4 Å². The smallest absolute Gasteiger partial charge is 0.0864 e. The van der Waals surface area contributed by atoms with E-state index in [1.807, 2.05) is 6.92 Å². The predicted octanol–water partition coefficient (Wildman–Crippen LogP) is 2.95. The van der Waals surface area contributed by atoms with Crippen LogP contribution in [-0.2, 0) is 0 Å². The van der Waals surface area contributed by atoms with Crippen molar-refractivity contribution in [1.29, 1.82) is 5.41 Å². The molecule has 0 aromatic carbocycles. The van der Waals surface area contributed by atoms with Gasteiger partial charge in [0.1, 0.15) is 0 Å². The molecule has 0 aliphatic heterocycles. The molecule has 2 unspecified atom stereocenters. The van der Waals surface area contributed by atoms with Crippen molar-refractivity contribution in [3.63, 3.8) is 0 Å². The third-order valence-electron chi connectivity index (χ3n) is 1.81. The van der Waals surface area contributed by atoms with Gasteiger partial charge in [-0.2, -0.15) is 0 Å². The van der Waals surface area contributed by atoms with Crippen molar-refractivity contribution < 1.29 is 0 Å². The highest BCUT2D eigenvalue weighted by atomic mass is 14.8.